The number of ether oxygens (including phenoxy) is 1. The molecule has 2 aromatic heterocycles. The lowest BCUT2D eigenvalue weighted by molar-refractivity contribution is 0.288. The minimum absolute atomic E-state index is 0. The molecule has 0 aromatic carbocycles. The van der Waals surface area contributed by atoms with Crippen LogP contribution in [0.3, 0.4) is 0 Å². The van der Waals surface area contributed by atoms with Crippen molar-refractivity contribution in [2.45, 2.75) is 39.7 Å². The lowest BCUT2D eigenvalue weighted by Crippen LogP contribution is -2.38. The highest BCUT2D eigenvalue weighted by Crippen LogP contribution is 2.29. The lowest BCUT2D eigenvalue weighted by Gasteiger charge is -2.11. The van der Waals surface area contributed by atoms with Gasteiger partial charge < -0.3 is 15.4 Å². The second-order valence-electron chi connectivity index (χ2n) is 6.49. The van der Waals surface area contributed by atoms with Crippen molar-refractivity contribution in [2.24, 2.45) is 10.9 Å². The Labute approximate surface area is 182 Å². The Morgan fingerprint density at radius 2 is 2.19 bits per heavy atom. The predicted octanol–water partition coefficient (Wildman–Crippen LogP) is 3.55. The number of rotatable bonds is 9. The van der Waals surface area contributed by atoms with Gasteiger partial charge in [-0.2, -0.15) is 0 Å². The fraction of sp³-hybridized carbons (Fsp3) is 0.526. The molecule has 2 N–H and O–H groups in total. The maximum absolute atomic E-state index is 5.67. The lowest BCUT2D eigenvalue weighted by atomic mass is 10.3. The second-order valence-corrected chi connectivity index (χ2v) is 7.55. The Kier molecular flexibility index (Phi) is 9.26. The number of hydrogen-bond donors (Lipinski definition) is 2. The van der Waals surface area contributed by atoms with Crippen LogP contribution in [-0.4, -0.2) is 35.6 Å². The van der Waals surface area contributed by atoms with Gasteiger partial charge in [0.25, 0.3) is 0 Å². The summed E-state index contributed by atoms with van der Waals surface area (Å²) in [7, 11) is 0. The molecule has 3 rings (SSSR count). The molecule has 1 fully saturated rings. The second kappa shape index (κ2) is 11.4. The maximum atomic E-state index is 5.67. The molecule has 27 heavy (non-hydrogen) atoms. The Balaban J connectivity index is 0.00000261. The number of nitrogens with zero attached hydrogens (tertiary/aromatic N) is 3. The number of halogens is 1. The Morgan fingerprint density at radius 1 is 1.33 bits per heavy atom. The molecule has 148 valence electrons. The van der Waals surface area contributed by atoms with Crippen LogP contribution in [0.1, 0.15) is 36.0 Å². The quantitative estimate of drug-likeness (QED) is 0.313. The molecule has 0 amide bonds. The third kappa shape index (κ3) is 8.00. The van der Waals surface area contributed by atoms with E-state index in [4.69, 9.17) is 4.74 Å². The normalized spacial score (nSPS) is 13.8. The molecular weight excluding hydrogens is 473 g/mol. The number of aliphatic imine (C=N–C) groups is 1. The summed E-state index contributed by atoms with van der Waals surface area (Å²) in [5, 5.41) is 9.85. The summed E-state index contributed by atoms with van der Waals surface area (Å²) in [6.07, 6.45) is 5.31. The summed E-state index contributed by atoms with van der Waals surface area (Å²) in [6.45, 7) is 7.10. The van der Waals surface area contributed by atoms with Crippen LogP contribution in [-0.2, 0) is 13.0 Å². The number of thiazole rings is 1. The van der Waals surface area contributed by atoms with E-state index >= 15 is 0 Å². The van der Waals surface area contributed by atoms with Crippen molar-refractivity contribution in [3.8, 4) is 5.88 Å². The number of aryl methyl sites for hydroxylation is 1. The topological polar surface area (TPSA) is 71.4 Å². The zero-order valence-corrected chi connectivity index (χ0v) is 19.0. The van der Waals surface area contributed by atoms with Crippen molar-refractivity contribution in [3.63, 3.8) is 0 Å². The molecule has 0 saturated heterocycles. The van der Waals surface area contributed by atoms with Gasteiger partial charge in [-0.3, -0.25) is 0 Å². The first-order chi connectivity index (χ1) is 12.7. The average molecular weight is 501 g/mol. The van der Waals surface area contributed by atoms with Gasteiger partial charge in [0.15, 0.2) is 5.96 Å². The van der Waals surface area contributed by atoms with E-state index < -0.39 is 0 Å². The summed E-state index contributed by atoms with van der Waals surface area (Å²) in [4.78, 5) is 13.5. The molecule has 0 spiro atoms. The van der Waals surface area contributed by atoms with Gasteiger partial charge in [0, 0.05) is 37.2 Å². The molecule has 0 aliphatic heterocycles. The molecule has 0 atom stereocenters. The highest BCUT2D eigenvalue weighted by atomic mass is 127. The number of nitrogens with one attached hydrogen (secondary N) is 2. The van der Waals surface area contributed by atoms with E-state index in [2.05, 4.69) is 37.9 Å². The van der Waals surface area contributed by atoms with Crippen molar-refractivity contribution in [3.05, 3.63) is 40.0 Å². The highest BCUT2D eigenvalue weighted by molar-refractivity contribution is 14.0. The molecule has 0 unspecified atom stereocenters. The van der Waals surface area contributed by atoms with Gasteiger partial charge in [0.1, 0.15) is 0 Å². The Hall–Kier alpha value is -1.42. The van der Waals surface area contributed by atoms with Gasteiger partial charge in [-0.25, -0.2) is 15.0 Å². The standard InChI is InChI=1S/C19H27N5OS.HI/c1-3-20-19(21-9-8-17-13-26-14(2)24-17)23-11-16-6-7-18(22-10-16)25-12-15-4-5-15;/h6-7,10,13,15H,3-5,8-9,11-12H2,1-2H3,(H2,20,21,23);1H. The first kappa shape index (κ1) is 21.9. The molecule has 8 heteroatoms. The van der Waals surface area contributed by atoms with E-state index in [1.54, 1.807) is 11.3 Å². The smallest absolute Gasteiger partial charge is 0.213 e. The van der Waals surface area contributed by atoms with Crippen molar-refractivity contribution < 1.29 is 4.74 Å². The summed E-state index contributed by atoms with van der Waals surface area (Å²) in [5.74, 6) is 2.25. The van der Waals surface area contributed by atoms with E-state index in [9.17, 15) is 0 Å². The van der Waals surface area contributed by atoms with Crippen LogP contribution in [0.15, 0.2) is 28.7 Å². The van der Waals surface area contributed by atoms with Gasteiger partial charge in [-0.15, -0.1) is 35.3 Å². The fourth-order valence-electron chi connectivity index (χ4n) is 2.42. The zero-order chi connectivity index (χ0) is 18.2. The van der Waals surface area contributed by atoms with Crippen LogP contribution >= 0.6 is 35.3 Å². The van der Waals surface area contributed by atoms with Crippen molar-refractivity contribution >= 4 is 41.3 Å². The number of hydrogen-bond acceptors (Lipinski definition) is 5. The van der Waals surface area contributed by atoms with Crippen LogP contribution in [0.5, 0.6) is 5.88 Å². The van der Waals surface area contributed by atoms with Crippen molar-refractivity contribution in [2.75, 3.05) is 19.7 Å². The Morgan fingerprint density at radius 3 is 2.81 bits per heavy atom. The number of guanidine groups is 1. The maximum Gasteiger partial charge on any atom is 0.213 e. The molecule has 2 aromatic rings. The monoisotopic (exact) mass is 501 g/mol. The minimum atomic E-state index is 0. The van der Waals surface area contributed by atoms with Gasteiger partial charge in [0.2, 0.25) is 5.88 Å². The van der Waals surface area contributed by atoms with Crippen LogP contribution in [0.2, 0.25) is 0 Å². The molecule has 0 bridgehead atoms. The van der Waals surface area contributed by atoms with Gasteiger partial charge in [-0.05, 0) is 38.2 Å². The zero-order valence-electron chi connectivity index (χ0n) is 15.9. The predicted molar refractivity (Wildman–Crippen MR) is 121 cm³/mol. The molecule has 2 heterocycles. The third-order valence-electron chi connectivity index (χ3n) is 4.07. The number of aromatic nitrogens is 2. The highest BCUT2D eigenvalue weighted by Gasteiger charge is 2.21. The molecule has 0 radical (unpaired) electrons. The van der Waals surface area contributed by atoms with E-state index in [0.717, 1.165) is 54.3 Å². The van der Waals surface area contributed by atoms with Crippen LogP contribution in [0.25, 0.3) is 0 Å². The van der Waals surface area contributed by atoms with Crippen LogP contribution in [0.4, 0.5) is 0 Å². The van der Waals surface area contributed by atoms with E-state index in [-0.39, 0.29) is 24.0 Å². The van der Waals surface area contributed by atoms with E-state index in [0.29, 0.717) is 12.4 Å². The molecule has 1 aliphatic carbocycles. The van der Waals surface area contributed by atoms with Gasteiger partial charge in [-0.1, -0.05) is 6.07 Å². The average Bonchev–Trinajstić information content (AvgIpc) is 3.39. The molecule has 1 aliphatic rings. The molecular formula is C19H28IN5OS. The van der Waals surface area contributed by atoms with Crippen LogP contribution < -0.4 is 15.4 Å². The first-order valence-electron chi connectivity index (χ1n) is 9.24. The SMILES string of the molecule is CCNC(=NCc1ccc(OCC2CC2)nc1)NCCc1csc(C)n1.I. The summed E-state index contributed by atoms with van der Waals surface area (Å²) in [5.41, 5.74) is 2.19. The summed E-state index contributed by atoms with van der Waals surface area (Å²) in [6, 6.07) is 3.96. The Bertz CT molecular complexity index is 715. The van der Waals surface area contributed by atoms with E-state index in [1.165, 1.54) is 12.8 Å². The fourth-order valence-corrected chi connectivity index (χ4v) is 3.07. The van der Waals surface area contributed by atoms with Gasteiger partial charge >= 0.3 is 0 Å². The van der Waals surface area contributed by atoms with Crippen molar-refractivity contribution in [1.29, 1.82) is 0 Å². The molecule has 1 saturated carbocycles. The van der Waals surface area contributed by atoms with Crippen molar-refractivity contribution in [1.82, 2.24) is 20.6 Å². The summed E-state index contributed by atoms with van der Waals surface area (Å²) < 4.78 is 5.67. The van der Waals surface area contributed by atoms with Gasteiger partial charge in [0.05, 0.1) is 23.9 Å². The largest absolute Gasteiger partial charge is 0.477 e. The third-order valence-corrected chi connectivity index (χ3v) is 4.89. The number of pyridine rings is 1. The van der Waals surface area contributed by atoms with Crippen LogP contribution in [0, 0.1) is 12.8 Å². The first-order valence-corrected chi connectivity index (χ1v) is 10.1. The summed E-state index contributed by atoms with van der Waals surface area (Å²) >= 11 is 1.69. The minimum Gasteiger partial charge on any atom is -0.477 e. The molecule has 6 nitrogen and oxygen atoms in total. The van der Waals surface area contributed by atoms with E-state index in [1.807, 2.05) is 25.3 Å².